The molecule has 0 saturated carbocycles. The molecular formula is C19H15N3O4S. The molecule has 0 unspecified atom stereocenters. The molecule has 1 amide bonds. The van der Waals surface area contributed by atoms with Crippen molar-refractivity contribution in [3.8, 4) is 17.4 Å². The summed E-state index contributed by atoms with van der Waals surface area (Å²) in [5.74, 6) is 0.845. The van der Waals surface area contributed by atoms with E-state index in [-0.39, 0.29) is 17.8 Å². The van der Waals surface area contributed by atoms with Crippen LogP contribution >= 0.6 is 11.8 Å². The molecule has 0 aliphatic carbocycles. The molecular weight excluding hydrogens is 366 g/mol. The molecule has 0 aliphatic heterocycles. The molecule has 8 heteroatoms. The molecule has 7 nitrogen and oxygen atoms in total. The Morgan fingerprint density at radius 1 is 1.11 bits per heavy atom. The van der Waals surface area contributed by atoms with Crippen LogP contribution in [-0.2, 0) is 0 Å². The number of nitrogens with zero attached hydrogens (tertiary/aromatic N) is 2. The number of hydrogen-bond acceptors (Lipinski definition) is 7. The third-order valence-corrected chi connectivity index (χ3v) is 4.68. The van der Waals surface area contributed by atoms with Gasteiger partial charge in [-0.25, -0.2) is 0 Å². The highest BCUT2D eigenvalue weighted by molar-refractivity contribution is 7.98. The van der Waals surface area contributed by atoms with Crippen LogP contribution in [0.25, 0.3) is 22.6 Å². The average Bonchev–Trinajstić information content (AvgIpc) is 3.34. The number of fused-ring (bicyclic) bond motifs is 1. The van der Waals surface area contributed by atoms with Gasteiger partial charge in [0.05, 0.1) is 7.11 Å². The monoisotopic (exact) mass is 381 g/mol. The molecule has 0 aliphatic rings. The molecule has 136 valence electrons. The van der Waals surface area contributed by atoms with Crippen molar-refractivity contribution in [2.24, 2.45) is 0 Å². The van der Waals surface area contributed by atoms with Crippen molar-refractivity contribution >= 4 is 34.7 Å². The van der Waals surface area contributed by atoms with Crippen molar-refractivity contribution in [3.05, 3.63) is 54.1 Å². The predicted octanol–water partition coefficient (Wildman–Crippen LogP) is 4.47. The number of benzene rings is 2. The highest BCUT2D eigenvalue weighted by Gasteiger charge is 2.17. The third kappa shape index (κ3) is 3.39. The summed E-state index contributed by atoms with van der Waals surface area (Å²) in [5, 5.41) is 11.2. The standard InChI is InChI=1S/C19H15N3O4S/c1-24-14-5-3-4-12-10-15(25-16(12)14)18-21-22-19(26-18)20-17(23)11-6-8-13(27-2)9-7-11/h3-10H,1-2H3,(H,20,22,23). The van der Waals surface area contributed by atoms with Crippen molar-refractivity contribution in [3.63, 3.8) is 0 Å². The maximum absolute atomic E-state index is 12.3. The van der Waals surface area contributed by atoms with Crippen LogP contribution in [0, 0.1) is 0 Å². The first-order chi connectivity index (χ1) is 13.2. The number of furan rings is 1. The topological polar surface area (TPSA) is 90.4 Å². The van der Waals surface area contributed by atoms with Crippen LogP contribution in [0.5, 0.6) is 5.75 Å². The lowest BCUT2D eigenvalue weighted by Crippen LogP contribution is -2.11. The lowest BCUT2D eigenvalue weighted by Gasteiger charge is -2.01. The van der Waals surface area contributed by atoms with E-state index in [1.165, 1.54) is 0 Å². The second-order valence-electron chi connectivity index (χ2n) is 5.58. The van der Waals surface area contributed by atoms with Gasteiger partial charge in [0.1, 0.15) is 0 Å². The zero-order valence-corrected chi connectivity index (χ0v) is 15.4. The van der Waals surface area contributed by atoms with Gasteiger partial charge < -0.3 is 13.6 Å². The fraction of sp³-hybridized carbons (Fsp3) is 0.105. The number of ether oxygens (including phenoxy) is 1. The van der Waals surface area contributed by atoms with Crippen LogP contribution < -0.4 is 10.1 Å². The number of aromatic nitrogens is 2. The molecule has 1 N–H and O–H groups in total. The Hall–Kier alpha value is -3.26. The average molecular weight is 381 g/mol. The van der Waals surface area contributed by atoms with E-state index in [1.807, 2.05) is 30.5 Å². The molecule has 27 heavy (non-hydrogen) atoms. The molecule has 2 aromatic heterocycles. The van der Waals surface area contributed by atoms with Gasteiger partial charge in [-0.3, -0.25) is 10.1 Å². The van der Waals surface area contributed by atoms with Gasteiger partial charge in [-0.05, 0) is 42.7 Å². The van der Waals surface area contributed by atoms with Gasteiger partial charge in [-0.15, -0.1) is 16.9 Å². The van der Waals surface area contributed by atoms with Crippen LogP contribution in [0.4, 0.5) is 6.01 Å². The first-order valence-electron chi connectivity index (χ1n) is 8.04. The van der Waals surface area contributed by atoms with Gasteiger partial charge in [0.2, 0.25) is 0 Å². The van der Waals surface area contributed by atoms with Crippen molar-refractivity contribution < 1.29 is 18.4 Å². The summed E-state index contributed by atoms with van der Waals surface area (Å²) in [6.07, 6.45) is 1.97. The van der Waals surface area contributed by atoms with Crippen LogP contribution in [0.1, 0.15) is 10.4 Å². The number of para-hydroxylation sites is 1. The van der Waals surface area contributed by atoms with Crippen LogP contribution in [0.2, 0.25) is 0 Å². The number of carbonyl (C=O) groups is 1. The van der Waals surface area contributed by atoms with Gasteiger partial charge in [0.15, 0.2) is 17.1 Å². The second kappa shape index (κ2) is 7.16. The number of rotatable bonds is 5. The van der Waals surface area contributed by atoms with Crippen LogP contribution in [-0.4, -0.2) is 29.5 Å². The molecule has 0 saturated heterocycles. The van der Waals surface area contributed by atoms with Gasteiger partial charge in [0, 0.05) is 15.8 Å². The van der Waals surface area contributed by atoms with E-state index < -0.39 is 0 Å². The SMILES string of the molecule is COc1cccc2cc(-c3nnc(NC(=O)c4ccc(SC)cc4)o3)oc12. The number of thioether (sulfide) groups is 1. The van der Waals surface area contributed by atoms with Crippen molar-refractivity contribution in [1.82, 2.24) is 10.2 Å². The van der Waals surface area contributed by atoms with Crippen LogP contribution in [0.3, 0.4) is 0 Å². The Bertz CT molecular complexity index is 1100. The van der Waals surface area contributed by atoms with Gasteiger partial charge in [-0.1, -0.05) is 17.2 Å². The minimum Gasteiger partial charge on any atom is -0.493 e. The highest BCUT2D eigenvalue weighted by Crippen LogP contribution is 2.33. The highest BCUT2D eigenvalue weighted by atomic mass is 32.2. The molecule has 0 radical (unpaired) electrons. The lowest BCUT2D eigenvalue weighted by atomic mass is 10.2. The molecule has 0 bridgehead atoms. The van der Waals surface area contributed by atoms with Crippen molar-refractivity contribution in [1.29, 1.82) is 0 Å². The van der Waals surface area contributed by atoms with E-state index in [9.17, 15) is 4.79 Å². The van der Waals surface area contributed by atoms with E-state index in [0.29, 0.717) is 22.7 Å². The first-order valence-corrected chi connectivity index (χ1v) is 9.26. The minimum absolute atomic E-state index is 0.00337. The van der Waals surface area contributed by atoms with Crippen molar-refractivity contribution in [2.75, 3.05) is 18.7 Å². The number of nitrogens with one attached hydrogen (secondary N) is 1. The Kier molecular flexibility index (Phi) is 4.55. The van der Waals surface area contributed by atoms with E-state index in [0.717, 1.165) is 10.3 Å². The Labute approximate surface area is 158 Å². The minimum atomic E-state index is -0.330. The van der Waals surface area contributed by atoms with Gasteiger partial charge in [-0.2, -0.15) is 0 Å². The smallest absolute Gasteiger partial charge is 0.322 e. The summed E-state index contributed by atoms with van der Waals surface area (Å²) < 4.78 is 16.6. The number of hydrogen-bond donors (Lipinski definition) is 1. The summed E-state index contributed by atoms with van der Waals surface area (Å²) in [5.41, 5.74) is 1.09. The summed E-state index contributed by atoms with van der Waals surface area (Å²) in [7, 11) is 1.57. The van der Waals surface area contributed by atoms with E-state index in [2.05, 4.69) is 15.5 Å². The third-order valence-electron chi connectivity index (χ3n) is 3.94. The van der Waals surface area contributed by atoms with E-state index in [1.54, 1.807) is 43.1 Å². The first kappa shape index (κ1) is 17.2. The summed E-state index contributed by atoms with van der Waals surface area (Å²) >= 11 is 1.61. The van der Waals surface area contributed by atoms with E-state index in [4.69, 9.17) is 13.6 Å². The zero-order valence-electron chi connectivity index (χ0n) is 14.6. The van der Waals surface area contributed by atoms with Gasteiger partial charge >= 0.3 is 6.01 Å². The Balaban J connectivity index is 1.55. The number of amides is 1. The predicted molar refractivity (Wildman–Crippen MR) is 102 cm³/mol. The maximum atomic E-state index is 12.3. The fourth-order valence-electron chi connectivity index (χ4n) is 2.59. The molecule has 0 fully saturated rings. The zero-order chi connectivity index (χ0) is 18.8. The molecule has 4 rings (SSSR count). The number of carbonyl (C=O) groups excluding carboxylic acids is 1. The summed E-state index contributed by atoms with van der Waals surface area (Å²) in [6, 6.07) is 14.6. The second-order valence-corrected chi connectivity index (χ2v) is 6.46. The number of anilines is 1. The normalized spacial score (nSPS) is 10.9. The summed E-state index contributed by atoms with van der Waals surface area (Å²) in [4.78, 5) is 13.4. The molecule has 2 heterocycles. The van der Waals surface area contributed by atoms with E-state index >= 15 is 0 Å². The molecule has 2 aromatic carbocycles. The van der Waals surface area contributed by atoms with Crippen molar-refractivity contribution in [2.45, 2.75) is 4.90 Å². The van der Waals surface area contributed by atoms with Crippen LogP contribution in [0.15, 0.2) is 62.3 Å². The quantitative estimate of drug-likeness (QED) is 0.510. The maximum Gasteiger partial charge on any atom is 0.322 e. The van der Waals surface area contributed by atoms with Gasteiger partial charge in [0.25, 0.3) is 11.8 Å². The molecule has 0 atom stereocenters. The largest absolute Gasteiger partial charge is 0.493 e. The molecule has 4 aromatic rings. The number of methoxy groups -OCH3 is 1. The molecule has 0 spiro atoms. The Morgan fingerprint density at radius 3 is 2.67 bits per heavy atom. The lowest BCUT2D eigenvalue weighted by molar-refractivity contribution is 0.102. The fourth-order valence-corrected chi connectivity index (χ4v) is 3.00. The summed E-state index contributed by atoms with van der Waals surface area (Å²) in [6.45, 7) is 0. The Morgan fingerprint density at radius 2 is 1.93 bits per heavy atom.